The van der Waals surface area contributed by atoms with Gasteiger partial charge in [0, 0.05) is 29.0 Å². The van der Waals surface area contributed by atoms with Crippen molar-refractivity contribution in [3.8, 4) is 0 Å². The molecule has 86 valence electrons. The van der Waals surface area contributed by atoms with Crippen molar-refractivity contribution in [2.24, 2.45) is 5.92 Å². The van der Waals surface area contributed by atoms with Crippen molar-refractivity contribution in [2.45, 2.75) is 13.3 Å². The van der Waals surface area contributed by atoms with Crippen molar-refractivity contribution in [1.29, 1.82) is 0 Å². The summed E-state index contributed by atoms with van der Waals surface area (Å²) in [4.78, 5) is 13.7. The predicted molar refractivity (Wildman–Crippen MR) is 70.1 cm³/mol. The van der Waals surface area contributed by atoms with E-state index in [4.69, 9.17) is 11.6 Å². The average molecular weight is 303 g/mol. The van der Waals surface area contributed by atoms with Gasteiger partial charge in [-0.1, -0.05) is 15.9 Å². The highest BCUT2D eigenvalue weighted by molar-refractivity contribution is 9.10. The van der Waals surface area contributed by atoms with Crippen LogP contribution in [0, 0.1) is 12.8 Å². The molecule has 2 rings (SSSR count). The fourth-order valence-corrected chi connectivity index (χ4v) is 2.72. The smallest absolute Gasteiger partial charge is 0.227 e. The van der Waals surface area contributed by atoms with E-state index in [2.05, 4.69) is 15.9 Å². The Morgan fingerprint density at radius 1 is 1.56 bits per heavy atom. The van der Waals surface area contributed by atoms with Crippen molar-refractivity contribution < 1.29 is 4.79 Å². The molecular formula is C12H13BrClNO. The minimum absolute atomic E-state index is 0.177. The van der Waals surface area contributed by atoms with Crippen LogP contribution in [0.4, 0.5) is 5.69 Å². The Labute approximate surface area is 109 Å². The van der Waals surface area contributed by atoms with Crippen molar-refractivity contribution in [3.63, 3.8) is 0 Å². The molecule has 1 heterocycles. The number of alkyl halides is 1. The molecule has 2 nitrogen and oxygen atoms in total. The van der Waals surface area contributed by atoms with E-state index in [1.165, 1.54) is 0 Å². The first kappa shape index (κ1) is 11.9. The normalized spacial score (nSPS) is 20.6. The van der Waals surface area contributed by atoms with E-state index in [0.29, 0.717) is 12.3 Å². The Hall–Kier alpha value is -0.540. The van der Waals surface area contributed by atoms with Crippen LogP contribution in [0.2, 0.25) is 0 Å². The number of halogens is 2. The fraction of sp³-hybridized carbons (Fsp3) is 0.417. The highest BCUT2D eigenvalue weighted by atomic mass is 79.9. The second-order valence-corrected chi connectivity index (χ2v) is 5.38. The summed E-state index contributed by atoms with van der Waals surface area (Å²) in [5, 5.41) is 0. The number of nitrogens with zero attached hydrogens (tertiary/aromatic N) is 1. The lowest BCUT2D eigenvalue weighted by atomic mass is 10.1. The molecule has 0 aliphatic carbocycles. The molecule has 0 saturated carbocycles. The zero-order chi connectivity index (χ0) is 11.7. The lowest BCUT2D eigenvalue weighted by Crippen LogP contribution is -2.25. The maximum absolute atomic E-state index is 11.8. The van der Waals surface area contributed by atoms with E-state index >= 15 is 0 Å². The summed E-state index contributed by atoms with van der Waals surface area (Å²) in [7, 11) is 0. The summed E-state index contributed by atoms with van der Waals surface area (Å²) in [6, 6.07) is 5.97. The van der Waals surface area contributed by atoms with Gasteiger partial charge in [-0.2, -0.15) is 0 Å². The van der Waals surface area contributed by atoms with Gasteiger partial charge in [0.05, 0.1) is 0 Å². The SMILES string of the molecule is Cc1cc(Br)ccc1N1CC(CCl)CC1=O. The van der Waals surface area contributed by atoms with E-state index in [1.54, 1.807) is 0 Å². The van der Waals surface area contributed by atoms with Gasteiger partial charge in [0.15, 0.2) is 0 Å². The first-order valence-corrected chi connectivity index (χ1v) is 6.57. The van der Waals surface area contributed by atoms with Crippen molar-refractivity contribution >= 4 is 39.1 Å². The number of amides is 1. The van der Waals surface area contributed by atoms with Crippen LogP contribution in [0.1, 0.15) is 12.0 Å². The van der Waals surface area contributed by atoms with E-state index in [9.17, 15) is 4.79 Å². The van der Waals surface area contributed by atoms with Crippen LogP contribution in [-0.2, 0) is 4.79 Å². The monoisotopic (exact) mass is 301 g/mol. The summed E-state index contributed by atoms with van der Waals surface area (Å²) < 4.78 is 1.04. The third-order valence-corrected chi connectivity index (χ3v) is 3.80. The quantitative estimate of drug-likeness (QED) is 0.767. The Kier molecular flexibility index (Phi) is 3.55. The number of carbonyl (C=O) groups is 1. The van der Waals surface area contributed by atoms with Crippen LogP contribution in [-0.4, -0.2) is 18.3 Å². The Bertz CT molecular complexity index is 421. The molecule has 1 saturated heterocycles. The van der Waals surface area contributed by atoms with Gasteiger partial charge in [0.1, 0.15) is 0 Å². The molecule has 1 aromatic carbocycles. The number of carbonyl (C=O) groups excluding carboxylic acids is 1. The molecule has 1 aromatic rings. The lowest BCUT2D eigenvalue weighted by molar-refractivity contribution is -0.117. The number of aryl methyl sites for hydroxylation is 1. The highest BCUT2D eigenvalue weighted by Gasteiger charge is 2.30. The minimum Gasteiger partial charge on any atom is -0.312 e. The second-order valence-electron chi connectivity index (χ2n) is 4.16. The Morgan fingerprint density at radius 2 is 2.31 bits per heavy atom. The van der Waals surface area contributed by atoms with Crippen LogP contribution in [0.5, 0.6) is 0 Å². The molecular weight excluding hydrogens is 289 g/mol. The summed E-state index contributed by atoms with van der Waals surface area (Å²) in [6.45, 7) is 2.76. The number of benzene rings is 1. The van der Waals surface area contributed by atoms with Gasteiger partial charge in [-0.15, -0.1) is 11.6 Å². The van der Waals surface area contributed by atoms with Crippen molar-refractivity contribution in [3.05, 3.63) is 28.2 Å². The van der Waals surface area contributed by atoms with Gasteiger partial charge in [0.25, 0.3) is 0 Å². The van der Waals surface area contributed by atoms with Crippen molar-refractivity contribution in [2.75, 3.05) is 17.3 Å². The summed E-state index contributed by atoms with van der Waals surface area (Å²) >= 11 is 9.23. The van der Waals surface area contributed by atoms with Crippen LogP contribution >= 0.6 is 27.5 Å². The van der Waals surface area contributed by atoms with Crippen LogP contribution in [0.25, 0.3) is 0 Å². The molecule has 0 N–H and O–H groups in total. The van der Waals surface area contributed by atoms with Crippen LogP contribution in [0.3, 0.4) is 0 Å². The lowest BCUT2D eigenvalue weighted by Gasteiger charge is -2.19. The molecule has 16 heavy (non-hydrogen) atoms. The number of hydrogen-bond donors (Lipinski definition) is 0. The molecule has 0 bridgehead atoms. The molecule has 0 radical (unpaired) electrons. The average Bonchev–Trinajstić information content (AvgIpc) is 2.60. The van der Waals surface area contributed by atoms with Gasteiger partial charge < -0.3 is 4.90 Å². The maximum Gasteiger partial charge on any atom is 0.227 e. The zero-order valence-corrected chi connectivity index (χ0v) is 11.4. The summed E-state index contributed by atoms with van der Waals surface area (Å²) in [6.07, 6.45) is 0.568. The summed E-state index contributed by atoms with van der Waals surface area (Å²) in [5.74, 6) is 1.02. The third-order valence-electron chi connectivity index (χ3n) is 2.87. The topological polar surface area (TPSA) is 20.3 Å². The number of rotatable bonds is 2. The van der Waals surface area contributed by atoms with E-state index in [1.807, 2.05) is 30.0 Å². The first-order chi connectivity index (χ1) is 7.61. The van der Waals surface area contributed by atoms with Crippen molar-refractivity contribution in [1.82, 2.24) is 0 Å². The molecule has 1 aliphatic rings. The third kappa shape index (κ3) is 2.25. The second kappa shape index (κ2) is 4.76. The molecule has 4 heteroatoms. The molecule has 0 spiro atoms. The van der Waals surface area contributed by atoms with Gasteiger partial charge in [-0.3, -0.25) is 4.79 Å². The number of hydrogen-bond acceptors (Lipinski definition) is 1. The number of anilines is 1. The summed E-state index contributed by atoms with van der Waals surface area (Å²) in [5.41, 5.74) is 2.11. The standard InChI is InChI=1S/C12H13BrClNO/c1-8-4-10(13)2-3-11(8)15-7-9(6-14)5-12(15)16/h2-4,9H,5-7H2,1H3. The van der Waals surface area contributed by atoms with Gasteiger partial charge >= 0.3 is 0 Å². The predicted octanol–water partition coefficient (Wildman–Crippen LogP) is 3.35. The van der Waals surface area contributed by atoms with E-state index in [0.717, 1.165) is 22.3 Å². The van der Waals surface area contributed by atoms with Gasteiger partial charge in [0.2, 0.25) is 5.91 Å². The molecule has 1 fully saturated rings. The maximum atomic E-state index is 11.8. The Balaban J connectivity index is 2.28. The minimum atomic E-state index is 0.177. The van der Waals surface area contributed by atoms with Gasteiger partial charge in [-0.25, -0.2) is 0 Å². The van der Waals surface area contributed by atoms with E-state index < -0.39 is 0 Å². The van der Waals surface area contributed by atoms with Crippen LogP contribution in [0.15, 0.2) is 22.7 Å². The molecule has 1 amide bonds. The Morgan fingerprint density at radius 3 is 2.88 bits per heavy atom. The zero-order valence-electron chi connectivity index (χ0n) is 9.04. The van der Waals surface area contributed by atoms with Gasteiger partial charge in [-0.05, 0) is 36.6 Å². The molecule has 1 aliphatic heterocycles. The van der Waals surface area contributed by atoms with E-state index in [-0.39, 0.29) is 11.8 Å². The van der Waals surface area contributed by atoms with Crippen LogP contribution < -0.4 is 4.90 Å². The molecule has 1 atom stereocenters. The first-order valence-electron chi connectivity index (χ1n) is 5.24. The molecule has 1 unspecified atom stereocenters. The highest BCUT2D eigenvalue weighted by Crippen LogP contribution is 2.29. The fourth-order valence-electron chi connectivity index (χ4n) is 2.04. The largest absolute Gasteiger partial charge is 0.312 e. The molecule has 0 aromatic heterocycles.